The predicted octanol–water partition coefficient (Wildman–Crippen LogP) is 2.49. The molecule has 5 nitrogen and oxygen atoms in total. The molecule has 2 aromatic rings. The van der Waals surface area contributed by atoms with Crippen LogP contribution in [0.4, 0.5) is 0 Å². The number of hydrogen-bond acceptors (Lipinski definition) is 4. The van der Waals surface area contributed by atoms with Gasteiger partial charge in [0.2, 0.25) is 0 Å². The molecule has 3 unspecified atom stereocenters. The van der Waals surface area contributed by atoms with Crippen LogP contribution in [0.2, 0.25) is 5.15 Å². The van der Waals surface area contributed by atoms with E-state index >= 15 is 0 Å². The van der Waals surface area contributed by atoms with Gasteiger partial charge in [-0.05, 0) is 43.0 Å². The summed E-state index contributed by atoms with van der Waals surface area (Å²) in [6, 6.07) is 11.5. The van der Waals surface area contributed by atoms with Gasteiger partial charge in [-0.2, -0.15) is 0 Å². The van der Waals surface area contributed by atoms with Gasteiger partial charge in [0.25, 0.3) is 5.91 Å². The number of carbonyl (C=O) groups excluding carboxylic acids is 1. The Morgan fingerprint density at radius 1 is 1.32 bits per heavy atom. The summed E-state index contributed by atoms with van der Waals surface area (Å²) in [7, 11) is 1.63. The Morgan fingerprint density at radius 2 is 2.08 bits per heavy atom. The third-order valence-corrected chi connectivity index (χ3v) is 4.90. The number of rotatable bonds is 5. The molecule has 1 aromatic heterocycles. The number of amides is 1. The average molecular weight is 360 g/mol. The molecule has 3 atom stereocenters. The summed E-state index contributed by atoms with van der Waals surface area (Å²) in [5, 5.41) is 17.1. The molecule has 1 aliphatic heterocycles. The second-order valence-electron chi connectivity index (χ2n) is 6.39. The first kappa shape index (κ1) is 17.9. The normalized spacial score (nSPS) is 21.1. The van der Waals surface area contributed by atoms with E-state index in [-0.39, 0.29) is 11.9 Å². The van der Waals surface area contributed by atoms with Crippen molar-refractivity contribution in [2.75, 3.05) is 7.05 Å². The fourth-order valence-electron chi connectivity index (χ4n) is 3.28. The van der Waals surface area contributed by atoms with E-state index < -0.39 is 6.10 Å². The summed E-state index contributed by atoms with van der Waals surface area (Å²) in [6.45, 7) is 0. The molecule has 1 aromatic carbocycles. The fourth-order valence-corrected chi connectivity index (χ4v) is 3.39. The lowest BCUT2D eigenvalue weighted by Crippen LogP contribution is -2.35. The molecule has 1 saturated heterocycles. The summed E-state index contributed by atoms with van der Waals surface area (Å²) >= 11 is 5.80. The molecular formula is C19H22ClN3O2. The molecule has 3 rings (SSSR count). The van der Waals surface area contributed by atoms with Crippen LogP contribution in [0.25, 0.3) is 0 Å². The number of benzene rings is 1. The molecule has 3 N–H and O–H groups in total. The van der Waals surface area contributed by atoms with Gasteiger partial charge in [-0.15, -0.1) is 0 Å². The highest BCUT2D eigenvalue weighted by Crippen LogP contribution is 2.27. The molecule has 0 radical (unpaired) electrons. The summed E-state index contributed by atoms with van der Waals surface area (Å²) in [6.07, 6.45) is 3.81. The maximum Gasteiger partial charge on any atom is 0.251 e. The first-order valence-corrected chi connectivity index (χ1v) is 8.81. The van der Waals surface area contributed by atoms with Crippen molar-refractivity contribution in [2.45, 2.75) is 37.5 Å². The highest BCUT2D eigenvalue weighted by atomic mass is 35.5. The van der Waals surface area contributed by atoms with Crippen LogP contribution < -0.4 is 10.6 Å². The van der Waals surface area contributed by atoms with Gasteiger partial charge in [-0.1, -0.05) is 29.8 Å². The number of nitrogens with zero attached hydrogens (tertiary/aromatic N) is 1. The molecule has 6 heteroatoms. The van der Waals surface area contributed by atoms with Crippen molar-refractivity contribution >= 4 is 17.5 Å². The van der Waals surface area contributed by atoms with E-state index in [2.05, 4.69) is 15.6 Å². The van der Waals surface area contributed by atoms with Crippen LogP contribution in [0.3, 0.4) is 0 Å². The number of aromatic nitrogens is 1. The quantitative estimate of drug-likeness (QED) is 0.717. The lowest BCUT2D eigenvalue weighted by Gasteiger charge is -2.20. The fraction of sp³-hybridized carbons (Fsp3) is 0.368. The SMILES string of the molecule is CNC(=O)c1ccc(CC2CCC(C(O)c3ccc(Cl)nc3)N2)cc1. The predicted molar refractivity (Wildman–Crippen MR) is 97.7 cm³/mol. The number of hydrogen-bond donors (Lipinski definition) is 3. The smallest absolute Gasteiger partial charge is 0.251 e. The minimum absolute atomic E-state index is 0.0121. The Labute approximate surface area is 152 Å². The first-order valence-electron chi connectivity index (χ1n) is 8.43. The van der Waals surface area contributed by atoms with E-state index in [1.54, 1.807) is 19.3 Å². The molecule has 25 heavy (non-hydrogen) atoms. The lowest BCUT2D eigenvalue weighted by molar-refractivity contribution is 0.0963. The van der Waals surface area contributed by atoms with Crippen LogP contribution in [0.15, 0.2) is 42.6 Å². The molecule has 0 spiro atoms. The van der Waals surface area contributed by atoms with E-state index in [9.17, 15) is 9.90 Å². The van der Waals surface area contributed by atoms with Crippen molar-refractivity contribution in [3.63, 3.8) is 0 Å². The minimum atomic E-state index is -0.592. The van der Waals surface area contributed by atoms with Crippen molar-refractivity contribution in [2.24, 2.45) is 0 Å². The Balaban J connectivity index is 1.57. The zero-order valence-corrected chi connectivity index (χ0v) is 14.8. The Morgan fingerprint density at radius 3 is 2.72 bits per heavy atom. The van der Waals surface area contributed by atoms with Crippen molar-refractivity contribution in [1.82, 2.24) is 15.6 Å². The number of carbonyl (C=O) groups is 1. The number of nitrogens with one attached hydrogen (secondary N) is 2. The first-order chi connectivity index (χ1) is 12.1. The Bertz CT molecular complexity index is 718. The lowest BCUT2D eigenvalue weighted by atomic mass is 10.0. The largest absolute Gasteiger partial charge is 0.387 e. The van der Waals surface area contributed by atoms with E-state index in [0.717, 1.165) is 24.8 Å². The van der Waals surface area contributed by atoms with E-state index in [1.165, 1.54) is 5.56 Å². The molecule has 0 bridgehead atoms. The molecule has 0 saturated carbocycles. The molecule has 132 valence electrons. The van der Waals surface area contributed by atoms with Crippen molar-refractivity contribution < 1.29 is 9.90 Å². The zero-order valence-electron chi connectivity index (χ0n) is 14.1. The number of aliphatic hydroxyl groups excluding tert-OH is 1. The van der Waals surface area contributed by atoms with Crippen LogP contribution in [0.5, 0.6) is 0 Å². The van der Waals surface area contributed by atoms with Gasteiger partial charge in [0.15, 0.2) is 0 Å². The minimum Gasteiger partial charge on any atom is -0.387 e. The molecule has 1 fully saturated rings. The van der Waals surface area contributed by atoms with E-state index in [0.29, 0.717) is 16.8 Å². The second kappa shape index (κ2) is 7.95. The van der Waals surface area contributed by atoms with Crippen molar-refractivity contribution in [3.05, 3.63) is 64.4 Å². The average Bonchev–Trinajstić information content (AvgIpc) is 3.10. The van der Waals surface area contributed by atoms with Gasteiger partial charge in [0.05, 0.1) is 6.10 Å². The summed E-state index contributed by atoms with van der Waals surface area (Å²) in [4.78, 5) is 15.6. The number of aliphatic hydroxyl groups is 1. The highest BCUT2D eigenvalue weighted by molar-refractivity contribution is 6.29. The summed E-state index contributed by atoms with van der Waals surface area (Å²) in [5.74, 6) is -0.0784. The van der Waals surface area contributed by atoms with Crippen molar-refractivity contribution in [1.29, 1.82) is 0 Å². The summed E-state index contributed by atoms with van der Waals surface area (Å²) < 4.78 is 0. The highest BCUT2D eigenvalue weighted by Gasteiger charge is 2.30. The van der Waals surface area contributed by atoms with E-state index in [4.69, 9.17) is 11.6 Å². The third kappa shape index (κ3) is 4.37. The third-order valence-electron chi connectivity index (χ3n) is 4.67. The maximum atomic E-state index is 11.6. The van der Waals surface area contributed by atoms with Crippen LogP contribution in [-0.2, 0) is 6.42 Å². The molecule has 2 heterocycles. The number of halogens is 1. The maximum absolute atomic E-state index is 11.6. The molecular weight excluding hydrogens is 338 g/mol. The van der Waals surface area contributed by atoms with Gasteiger partial charge in [0.1, 0.15) is 5.15 Å². The van der Waals surface area contributed by atoms with Crippen molar-refractivity contribution in [3.8, 4) is 0 Å². The van der Waals surface area contributed by atoms with Gasteiger partial charge in [-0.3, -0.25) is 4.79 Å². The molecule has 1 amide bonds. The van der Waals surface area contributed by atoms with Gasteiger partial charge < -0.3 is 15.7 Å². The second-order valence-corrected chi connectivity index (χ2v) is 6.77. The van der Waals surface area contributed by atoms with Gasteiger partial charge in [0, 0.05) is 36.5 Å². The van der Waals surface area contributed by atoms with Gasteiger partial charge in [-0.25, -0.2) is 4.98 Å². The Hall–Kier alpha value is -1.95. The zero-order chi connectivity index (χ0) is 17.8. The monoisotopic (exact) mass is 359 g/mol. The standard InChI is InChI=1S/C19H22ClN3O2/c1-21-19(25)13-4-2-12(3-5-13)10-15-7-8-16(23-15)18(24)14-6-9-17(20)22-11-14/h2-6,9,11,15-16,18,23-24H,7-8,10H2,1H3,(H,21,25). The van der Waals surface area contributed by atoms with Crippen LogP contribution in [0, 0.1) is 0 Å². The topological polar surface area (TPSA) is 74.2 Å². The van der Waals surface area contributed by atoms with E-state index in [1.807, 2.05) is 30.3 Å². The van der Waals surface area contributed by atoms with Gasteiger partial charge >= 0.3 is 0 Å². The Kier molecular flexibility index (Phi) is 5.68. The van der Waals surface area contributed by atoms with Crippen LogP contribution in [0.1, 0.15) is 40.4 Å². The molecule has 1 aliphatic rings. The number of pyridine rings is 1. The van der Waals surface area contributed by atoms with Crippen LogP contribution in [-0.4, -0.2) is 35.1 Å². The summed E-state index contributed by atoms with van der Waals surface area (Å²) in [5.41, 5.74) is 2.61. The van der Waals surface area contributed by atoms with Crippen LogP contribution >= 0.6 is 11.6 Å². The molecule has 0 aliphatic carbocycles.